The molecule has 0 amide bonds. The molecule has 0 aliphatic heterocycles. The first kappa shape index (κ1) is 20.5. The van der Waals surface area contributed by atoms with Crippen molar-refractivity contribution in [3.05, 3.63) is 87.7 Å². The molecule has 0 radical (unpaired) electrons. The lowest BCUT2D eigenvalue weighted by molar-refractivity contribution is 0.0563. The highest BCUT2D eigenvalue weighted by atomic mass is 16.5. The number of rotatable bonds is 6. The summed E-state index contributed by atoms with van der Waals surface area (Å²) in [6.45, 7) is 4.00. The molecule has 0 aliphatic carbocycles. The van der Waals surface area contributed by atoms with Gasteiger partial charge in [-0.05, 0) is 42.2 Å². The molecule has 0 unspecified atom stereocenters. The number of hydrogen-bond donors (Lipinski definition) is 0. The molecule has 31 heavy (non-hydrogen) atoms. The number of carbonyl (C=O) groups is 1. The van der Waals surface area contributed by atoms with Crippen LogP contribution in [-0.2, 0) is 17.8 Å². The minimum Gasteiger partial charge on any atom is -0.488 e. The van der Waals surface area contributed by atoms with E-state index >= 15 is 0 Å². The van der Waals surface area contributed by atoms with Gasteiger partial charge in [0.15, 0.2) is 0 Å². The summed E-state index contributed by atoms with van der Waals surface area (Å²) in [6.07, 6.45) is 0.733. The summed E-state index contributed by atoms with van der Waals surface area (Å²) in [5, 5.41) is 0.850. The lowest BCUT2D eigenvalue weighted by atomic mass is 9.99. The summed E-state index contributed by atoms with van der Waals surface area (Å²) >= 11 is 0. The predicted molar refractivity (Wildman–Crippen MR) is 116 cm³/mol. The van der Waals surface area contributed by atoms with Crippen molar-refractivity contribution in [1.29, 1.82) is 0 Å². The number of carbonyl (C=O) groups excluding carboxylic acids is 1. The lowest BCUT2D eigenvalue weighted by Crippen LogP contribution is -2.02. The van der Waals surface area contributed by atoms with Crippen molar-refractivity contribution >= 4 is 16.9 Å². The minimum absolute atomic E-state index is 0.131. The van der Waals surface area contributed by atoms with Crippen LogP contribution in [0.1, 0.15) is 34.4 Å². The number of fused-ring (bicyclic) bond motifs is 1. The Morgan fingerprint density at radius 1 is 1.00 bits per heavy atom. The Morgan fingerprint density at radius 3 is 2.48 bits per heavy atom. The van der Waals surface area contributed by atoms with E-state index in [1.165, 1.54) is 13.2 Å². The zero-order chi connectivity index (χ0) is 22.0. The summed E-state index contributed by atoms with van der Waals surface area (Å²) in [7, 11) is 1.30. The average Bonchev–Trinajstić information content (AvgIpc) is 3.17. The van der Waals surface area contributed by atoms with E-state index < -0.39 is 11.6 Å². The lowest BCUT2D eigenvalue weighted by Gasteiger charge is -2.13. The Morgan fingerprint density at radius 2 is 1.77 bits per heavy atom. The molecule has 0 spiro atoms. The molecule has 2 aromatic heterocycles. The third-order valence-electron chi connectivity index (χ3n) is 5.18. The molecule has 0 aliphatic rings. The number of benzene rings is 2. The van der Waals surface area contributed by atoms with Gasteiger partial charge in [-0.15, -0.1) is 0 Å². The maximum Gasteiger partial charge on any atom is 0.373 e. The van der Waals surface area contributed by atoms with Gasteiger partial charge in [0.2, 0.25) is 5.76 Å². The number of esters is 1. The summed E-state index contributed by atoms with van der Waals surface area (Å²) in [4.78, 5) is 23.9. The Hall–Kier alpha value is -3.80. The third kappa shape index (κ3) is 4.10. The van der Waals surface area contributed by atoms with Crippen LogP contribution in [-0.4, -0.2) is 13.1 Å². The van der Waals surface area contributed by atoms with E-state index in [1.807, 2.05) is 43.3 Å². The quantitative estimate of drug-likeness (QED) is 0.313. The zero-order valence-electron chi connectivity index (χ0n) is 17.6. The van der Waals surface area contributed by atoms with Crippen LogP contribution in [0.3, 0.4) is 0 Å². The molecule has 6 nitrogen and oxygen atoms in total. The van der Waals surface area contributed by atoms with Gasteiger partial charge in [-0.25, -0.2) is 9.59 Å². The molecular weight excluding hydrogens is 396 g/mol. The van der Waals surface area contributed by atoms with Gasteiger partial charge < -0.3 is 18.3 Å². The van der Waals surface area contributed by atoms with Gasteiger partial charge in [-0.1, -0.05) is 37.3 Å². The number of hydrogen-bond acceptors (Lipinski definition) is 6. The van der Waals surface area contributed by atoms with Gasteiger partial charge in [-0.3, -0.25) is 0 Å². The summed E-state index contributed by atoms with van der Waals surface area (Å²) in [5.41, 5.74) is 3.52. The van der Waals surface area contributed by atoms with Crippen molar-refractivity contribution < 1.29 is 23.1 Å². The van der Waals surface area contributed by atoms with Crippen LogP contribution in [0.5, 0.6) is 5.75 Å². The van der Waals surface area contributed by atoms with E-state index in [1.54, 1.807) is 19.1 Å². The molecule has 2 heterocycles. The highest BCUT2D eigenvalue weighted by Crippen LogP contribution is 2.33. The van der Waals surface area contributed by atoms with E-state index in [0.717, 1.165) is 34.1 Å². The largest absolute Gasteiger partial charge is 0.488 e. The van der Waals surface area contributed by atoms with Crippen LogP contribution in [0.25, 0.3) is 22.1 Å². The Kier molecular flexibility index (Phi) is 5.62. The number of methoxy groups -OCH3 is 1. The van der Waals surface area contributed by atoms with E-state index in [0.29, 0.717) is 17.1 Å². The van der Waals surface area contributed by atoms with Gasteiger partial charge in [0.25, 0.3) is 0 Å². The highest BCUT2D eigenvalue weighted by Gasteiger charge is 2.17. The van der Waals surface area contributed by atoms with Crippen LogP contribution >= 0.6 is 0 Å². The molecule has 2 aromatic carbocycles. The fraction of sp³-hybridized carbons (Fsp3) is 0.200. The average molecular weight is 418 g/mol. The number of aryl methyl sites for hydroxylation is 2. The molecule has 0 fully saturated rings. The van der Waals surface area contributed by atoms with Gasteiger partial charge in [-0.2, -0.15) is 0 Å². The summed E-state index contributed by atoms with van der Waals surface area (Å²) in [5.74, 6) is 0.788. The molecule has 158 valence electrons. The minimum atomic E-state index is -0.537. The first-order valence-corrected chi connectivity index (χ1v) is 9.96. The standard InChI is InChI=1S/C25H22O6/c1-4-16-10-20-19(17-8-6-5-7-9-17)12-24(26)31-22(20)13-21(16)29-14-18-11-23(25(27)28-3)30-15(18)2/h5-13H,4,14H2,1-3H3. The van der Waals surface area contributed by atoms with Crippen LogP contribution < -0.4 is 10.4 Å². The second kappa shape index (κ2) is 8.52. The monoisotopic (exact) mass is 418 g/mol. The molecule has 6 heteroatoms. The van der Waals surface area contributed by atoms with E-state index in [-0.39, 0.29) is 12.4 Å². The molecule has 0 bridgehead atoms. The van der Waals surface area contributed by atoms with Crippen molar-refractivity contribution in [3.63, 3.8) is 0 Å². The second-order valence-corrected chi connectivity index (χ2v) is 7.13. The van der Waals surface area contributed by atoms with Gasteiger partial charge in [0.05, 0.1) is 7.11 Å². The highest BCUT2D eigenvalue weighted by molar-refractivity contribution is 5.94. The fourth-order valence-corrected chi connectivity index (χ4v) is 3.52. The maximum absolute atomic E-state index is 12.2. The SMILES string of the molecule is CCc1cc2c(-c3ccccc3)cc(=O)oc2cc1OCc1cc(C(=O)OC)oc1C. The van der Waals surface area contributed by atoms with Crippen LogP contribution in [0.2, 0.25) is 0 Å². The predicted octanol–water partition coefficient (Wildman–Crippen LogP) is 5.29. The normalized spacial score (nSPS) is 10.9. The molecular formula is C25H22O6. The van der Waals surface area contributed by atoms with Crippen molar-refractivity contribution in [3.8, 4) is 16.9 Å². The van der Waals surface area contributed by atoms with Gasteiger partial charge >= 0.3 is 11.6 Å². The van der Waals surface area contributed by atoms with Crippen LogP contribution in [0.15, 0.2) is 68.2 Å². The van der Waals surface area contributed by atoms with E-state index in [2.05, 4.69) is 0 Å². The van der Waals surface area contributed by atoms with Crippen LogP contribution in [0, 0.1) is 6.92 Å². The third-order valence-corrected chi connectivity index (χ3v) is 5.18. The first-order valence-electron chi connectivity index (χ1n) is 9.96. The van der Waals surface area contributed by atoms with Gasteiger partial charge in [0, 0.05) is 23.1 Å². The second-order valence-electron chi connectivity index (χ2n) is 7.13. The molecule has 0 saturated carbocycles. The van der Waals surface area contributed by atoms with Crippen molar-refractivity contribution in [1.82, 2.24) is 0 Å². The maximum atomic E-state index is 12.2. The summed E-state index contributed by atoms with van der Waals surface area (Å²) < 4.78 is 21.7. The zero-order valence-corrected chi connectivity index (χ0v) is 17.6. The number of ether oxygens (including phenoxy) is 2. The summed E-state index contributed by atoms with van der Waals surface area (Å²) in [6, 6.07) is 16.6. The Labute approximate surface area is 179 Å². The number of furan rings is 1. The van der Waals surface area contributed by atoms with E-state index in [9.17, 15) is 9.59 Å². The van der Waals surface area contributed by atoms with E-state index in [4.69, 9.17) is 18.3 Å². The molecule has 4 rings (SSSR count). The van der Waals surface area contributed by atoms with Crippen LogP contribution in [0.4, 0.5) is 0 Å². The van der Waals surface area contributed by atoms with Crippen molar-refractivity contribution in [2.45, 2.75) is 26.9 Å². The Balaban J connectivity index is 1.72. The smallest absolute Gasteiger partial charge is 0.373 e. The topological polar surface area (TPSA) is 78.9 Å². The Bertz CT molecular complexity index is 1300. The van der Waals surface area contributed by atoms with Gasteiger partial charge in [0.1, 0.15) is 23.7 Å². The molecule has 4 aromatic rings. The van der Waals surface area contributed by atoms with Crippen molar-refractivity contribution in [2.24, 2.45) is 0 Å². The molecule has 0 atom stereocenters. The van der Waals surface area contributed by atoms with Crippen molar-refractivity contribution in [2.75, 3.05) is 7.11 Å². The first-order chi connectivity index (χ1) is 15.0. The molecule has 0 saturated heterocycles. The molecule has 0 N–H and O–H groups in total. The fourth-order valence-electron chi connectivity index (χ4n) is 3.52.